The van der Waals surface area contributed by atoms with Crippen molar-refractivity contribution in [1.82, 2.24) is 4.98 Å². The standard InChI is InChI=1S/C14H15BrN2S/c15-9-3-4-11-10(6-9)17-14(18-11)12-7-1-2-8(5-7)13(12)16/h3-4,6-8,12-13H,1-2,5,16H2. The van der Waals surface area contributed by atoms with Crippen molar-refractivity contribution in [2.24, 2.45) is 17.6 Å². The van der Waals surface area contributed by atoms with Crippen LogP contribution < -0.4 is 5.73 Å². The lowest BCUT2D eigenvalue weighted by atomic mass is 9.85. The monoisotopic (exact) mass is 322 g/mol. The molecule has 2 aliphatic carbocycles. The lowest BCUT2D eigenvalue weighted by Crippen LogP contribution is -2.33. The Balaban J connectivity index is 1.78. The summed E-state index contributed by atoms with van der Waals surface area (Å²) in [7, 11) is 0. The van der Waals surface area contributed by atoms with Gasteiger partial charge in [-0.05, 0) is 49.3 Å². The van der Waals surface area contributed by atoms with Gasteiger partial charge < -0.3 is 5.73 Å². The van der Waals surface area contributed by atoms with Crippen LogP contribution in [0.2, 0.25) is 0 Å². The van der Waals surface area contributed by atoms with E-state index in [-0.39, 0.29) is 0 Å². The summed E-state index contributed by atoms with van der Waals surface area (Å²) < 4.78 is 2.38. The summed E-state index contributed by atoms with van der Waals surface area (Å²) in [6.45, 7) is 0. The van der Waals surface area contributed by atoms with Gasteiger partial charge in [0.05, 0.1) is 15.2 Å². The molecule has 0 spiro atoms. The van der Waals surface area contributed by atoms with E-state index in [1.807, 2.05) is 11.3 Å². The molecule has 94 valence electrons. The molecule has 4 atom stereocenters. The minimum atomic E-state index is 0.341. The largest absolute Gasteiger partial charge is 0.327 e. The topological polar surface area (TPSA) is 38.9 Å². The van der Waals surface area contributed by atoms with Gasteiger partial charge in [-0.3, -0.25) is 0 Å². The molecule has 1 heterocycles. The average molecular weight is 323 g/mol. The summed E-state index contributed by atoms with van der Waals surface area (Å²) in [5.74, 6) is 2.05. The van der Waals surface area contributed by atoms with Crippen molar-refractivity contribution in [3.63, 3.8) is 0 Å². The smallest absolute Gasteiger partial charge is 0.0987 e. The number of rotatable bonds is 1. The van der Waals surface area contributed by atoms with Crippen LogP contribution in [-0.2, 0) is 0 Å². The molecule has 18 heavy (non-hydrogen) atoms. The first-order chi connectivity index (χ1) is 8.72. The number of aromatic nitrogens is 1. The van der Waals surface area contributed by atoms with Crippen LogP contribution >= 0.6 is 27.3 Å². The van der Waals surface area contributed by atoms with Gasteiger partial charge in [0.25, 0.3) is 0 Å². The number of thiazole rings is 1. The van der Waals surface area contributed by atoms with E-state index in [1.54, 1.807) is 0 Å². The van der Waals surface area contributed by atoms with E-state index in [0.29, 0.717) is 12.0 Å². The third kappa shape index (κ3) is 1.59. The van der Waals surface area contributed by atoms with E-state index in [0.717, 1.165) is 21.8 Å². The molecule has 4 unspecified atom stereocenters. The molecule has 0 radical (unpaired) electrons. The molecule has 1 aromatic carbocycles. The maximum Gasteiger partial charge on any atom is 0.0987 e. The maximum absolute atomic E-state index is 6.41. The van der Waals surface area contributed by atoms with Crippen molar-refractivity contribution in [3.8, 4) is 0 Å². The van der Waals surface area contributed by atoms with E-state index in [9.17, 15) is 0 Å². The van der Waals surface area contributed by atoms with Gasteiger partial charge in [0.15, 0.2) is 0 Å². The fraction of sp³-hybridized carbons (Fsp3) is 0.500. The first-order valence-electron chi connectivity index (χ1n) is 6.54. The second kappa shape index (κ2) is 4.02. The molecule has 0 saturated heterocycles. The number of halogens is 1. The van der Waals surface area contributed by atoms with Crippen molar-refractivity contribution < 1.29 is 0 Å². The highest BCUT2D eigenvalue weighted by Gasteiger charge is 2.47. The first-order valence-corrected chi connectivity index (χ1v) is 8.15. The molecule has 0 aliphatic heterocycles. The highest BCUT2D eigenvalue weighted by molar-refractivity contribution is 9.10. The molecule has 2 fully saturated rings. The summed E-state index contributed by atoms with van der Waals surface area (Å²) >= 11 is 5.34. The molecule has 2 aromatic rings. The quantitative estimate of drug-likeness (QED) is 0.864. The third-order valence-electron chi connectivity index (χ3n) is 4.63. The van der Waals surface area contributed by atoms with Gasteiger partial charge in [-0.1, -0.05) is 15.9 Å². The average Bonchev–Trinajstić information content (AvgIpc) is 3.00. The molecule has 4 heteroatoms. The fourth-order valence-electron chi connectivity index (χ4n) is 3.76. The Labute approximate surface area is 119 Å². The van der Waals surface area contributed by atoms with Gasteiger partial charge in [-0.25, -0.2) is 4.98 Å². The number of nitrogens with two attached hydrogens (primary N) is 1. The zero-order chi connectivity index (χ0) is 12.3. The summed E-state index contributed by atoms with van der Waals surface area (Å²) in [6, 6.07) is 6.69. The molecule has 1 aromatic heterocycles. The molecule has 2 bridgehead atoms. The SMILES string of the molecule is NC1C2CCC(C2)C1c1nc2cc(Br)ccc2s1. The molecular formula is C14H15BrN2S. The second-order valence-electron chi connectivity index (χ2n) is 5.60. The third-order valence-corrected chi connectivity index (χ3v) is 6.26. The lowest BCUT2D eigenvalue weighted by molar-refractivity contribution is 0.365. The number of nitrogens with zero attached hydrogens (tertiary/aromatic N) is 1. The highest BCUT2D eigenvalue weighted by atomic mass is 79.9. The Kier molecular flexibility index (Phi) is 2.54. The van der Waals surface area contributed by atoms with Crippen molar-refractivity contribution in [3.05, 3.63) is 27.7 Å². The van der Waals surface area contributed by atoms with Crippen LogP contribution in [0.5, 0.6) is 0 Å². The zero-order valence-electron chi connectivity index (χ0n) is 9.97. The van der Waals surface area contributed by atoms with Crippen LogP contribution in [0.3, 0.4) is 0 Å². The lowest BCUT2D eigenvalue weighted by Gasteiger charge is -2.26. The van der Waals surface area contributed by atoms with Crippen LogP contribution in [0.15, 0.2) is 22.7 Å². The molecule has 2 aliphatic rings. The Bertz CT molecular complexity index is 607. The van der Waals surface area contributed by atoms with E-state index >= 15 is 0 Å². The molecule has 2 N–H and O–H groups in total. The normalized spacial score (nSPS) is 34.6. The van der Waals surface area contributed by atoms with Crippen molar-refractivity contribution in [2.45, 2.75) is 31.2 Å². The Morgan fingerprint density at radius 1 is 1.28 bits per heavy atom. The number of benzene rings is 1. The van der Waals surface area contributed by atoms with Gasteiger partial charge >= 0.3 is 0 Å². The van der Waals surface area contributed by atoms with E-state index in [2.05, 4.69) is 34.1 Å². The Morgan fingerprint density at radius 2 is 2.11 bits per heavy atom. The predicted molar refractivity (Wildman–Crippen MR) is 78.9 cm³/mol. The first kappa shape index (κ1) is 11.4. The van der Waals surface area contributed by atoms with Gasteiger partial charge in [-0.15, -0.1) is 11.3 Å². The second-order valence-corrected chi connectivity index (χ2v) is 7.58. The summed E-state index contributed by atoms with van der Waals surface area (Å²) in [5, 5.41) is 1.27. The van der Waals surface area contributed by atoms with Crippen LogP contribution in [0.1, 0.15) is 30.2 Å². The summed E-state index contributed by atoms with van der Waals surface area (Å²) in [6.07, 6.45) is 4.01. The van der Waals surface area contributed by atoms with Gasteiger partial charge in [0.2, 0.25) is 0 Å². The van der Waals surface area contributed by atoms with E-state index in [4.69, 9.17) is 10.7 Å². The summed E-state index contributed by atoms with van der Waals surface area (Å²) in [5.41, 5.74) is 7.52. The number of fused-ring (bicyclic) bond motifs is 3. The summed E-state index contributed by atoms with van der Waals surface area (Å²) in [4.78, 5) is 4.83. The molecule has 4 rings (SSSR count). The molecule has 0 amide bonds. The maximum atomic E-state index is 6.41. The van der Waals surface area contributed by atoms with Crippen molar-refractivity contribution >= 4 is 37.5 Å². The minimum Gasteiger partial charge on any atom is -0.327 e. The van der Waals surface area contributed by atoms with Crippen LogP contribution in [-0.4, -0.2) is 11.0 Å². The fourth-order valence-corrected chi connectivity index (χ4v) is 5.31. The van der Waals surface area contributed by atoms with Gasteiger partial charge in [0, 0.05) is 16.4 Å². The van der Waals surface area contributed by atoms with E-state index < -0.39 is 0 Å². The highest BCUT2D eigenvalue weighted by Crippen LogP contribution is 2.53. The minimum absolute atomic E-state index is 0.341. The van der Waals surface area contributed by atoms with Gasteiger partial charge in [0.1, 0.15) is 0 Å². The number of hydrogen-bond acceptors (Lipinski definition) is 3. The number of hydrogen-bond donors (Lipinski definition) is 1. The Morgan fingerprint density at radius 3 is 2.89 bits per heavy atom. The zero-order valence-corrected chi connectivity index (χ0v) is 12.4. The van der Waals surface area contributed by atoms with Crippen molar-refractivity contribution in [2.75, 3.05) is 0 Å². The Hall–Kier alpha value is -0.450. The van der Waals surface area contributed by atoms with Crippen LogP contribution in [0, 0.1) is 11.8 Å². The van der Waals surface area contributed by atoms with Gasteiger partial charge in [-0.2, -0.15) is 0 Å². The van der Waals surface area contributed by atoms with Crippen LogP contribution in [0.25, 0.3) is 10.2 Å². The van der Waals surface area contributed by atoms with Crippen molar-refractivity contribution in [1.29, 1.82) is 0 Å². The van der Waals surface area contributed by atoms with Crippen LogP contribution in [0.4, 0.5) is 0 Å². The van der Waals surface area contributed by atoms with E-state index in [1.165, 1.54) is 29.0 Å². The molecule has 2 nitrogen and oxygen atoms in total. The molecule has 2 saturated carbocycles. The predicted octanol–water partition coefficient (Wildman–Crippen LogP) is 3.90. The molecular weight excluding hydrogens is 308 g/mol.